The number of carbonyl (C=O) groups excluding carboxylic acids is 1. The highest BCUT2D eigenvalue weighted by molar-refractivity contribution is 6.32. The second kappa shape index (κ2) is 7.90. The average molecular weight is 352 g/mol. The second-order valence-corrected chi connectivity index (χ2v) is 5.41. The summed E-state index contributed by atoms with van der Waals surface area (Å²) in [7, 11) is 2.99. The molecule has 0 aliphatic rings. The summed E-state index contributed by atoms with van der Waals surface area (Å²) < 4.78 is 10.3. The van der Waals surface area contributed by atoms with Crippen LogP contribution in [-0.2, 0) is 4.79 Å². The molecule has 23 heavy (non-hydrogen) atoms. The fraction of sp³-hybridized carbons (Fsp3) is 0.118. The van der Waals surface area contributed by atoms with Crippen LogP contribution in [0.25, 0.3) is 6.08 Å². The second-order valence-electron chi connectivity index (χ2n) is 4.56. The molecule has 0 heterocycles. The van der Waals surface area contributed by atoms with Crippen molar-refractivity contribution in [3.63, 3.8) is 0 Å². The van der Waals surface area contributed by atoms with Crippen molar-refractivity contribution in [2.75, 3.05) is 19.5 Å². The van der Waals surface area contributed by atoms with Gasteiger partial charge in [0.15, 0.2) is 0 Å². The summed E-state index contributed by atoms with van der Waals surface area (Å²) in [6.45, 7) is 0. The highest BCUT2D eigenvalue weighted by Gasteiger charge is 2.11. The summed E-state index contributed by atoms with van der Waals surface area (Å²) in [6, 6.07) is 10.4. The van der Waals surface area contributed by atoms with Gasteiger partial charge in [0.05, 0.1) is 24.9 Å². The van der Waals surface area contributed by atoms with Gasteiger partial charge in [-0.25, -0.2) is 0 Å². The van der Waals surface area contributed by atoms with Gasteiger partial charge >= 0.3 is 0 Å². The largest absolute Gasteiger partial charge is 0.495 e. The molecule has 0 aliphatic carbocycles. The summed E-state index contributed by atoms with van der Waals surface area (Å²) in [6.07, 6.45) is 3.08. The highest BCUT2D eigenvalue weighted by atomic mass is 35.5. The topological polar surface area (TPSA) is 47.6 Å². The van der Waals surface area contributed by atoms with E-state index in [0.717, 1.165) is 5.56 Å². The quantitative estimate of drug-likeness (QED) is 0.796. The van der Waals surface area contributed by atoms with Crippen LogP contribution < -0.4 is 14.8 Å². The zero-order chi connectivity index (χ0) is 16.8. The molecule has 0 aromatic heterocycles. The van der Waals surface area contributed by atoms with Crippen LogP contribution in [0.1, 0.15) is 5.56 Å². The van der Waals surface area contributed by atoms with E-state index in [9.17, 15) is 4.79 Å². The van der Waals surface area contributed by atoms with Gasteiger partial charge in [0.2, 0.25) is 5.91 Å². The lowest BCUT2D eigenvalue weighted by atomic mass is 10.2. The molecule has 2 aromatic rings. The molecule has 4 nitrogen and oxygen atoms in total. The molecular formula is C17H15Cl2NO3. The minimum atomic E-state index is -0.312. The van der Waals surface area contributed by atoms with E-state index in [4.69, 9.17) is 32.7 Å². The number of nitrogens with one attached hydrogen (secondary N) is 1. The van der Waals surface area contributed by atoms with Crippen LogP contribution in [0, 0.1) is 0 Å². The summed E-state index contributed by atoms with van der Waals surface area (Å²) in [5.74, 6) is 0.578. The molecule has 6 heteroatoms. The monoisotopic (exact) mass is 351 g/mol. The summed E-state index contributed by atoms with van der Waals surface area (Å²) in [5.41, 5.74) is 1.29. The van der Waals surface area contributed by atoms with E-state index in [1.165, 1.54) is 20.3 Å². The Morgan fingerprint density at radius 3 is 2.48 bits per heavy atom. The van der Waals surface area contributed by atoms with Crippen LogP contribution in [-0.4, -0.2) is 20.1 Å². The Balaban J connectivity index is 2.16. The number of rotatable bonds is 5. The predicted octanol–water partition coefficient (Wildman–Crippen LogP) is 4.66. The molecule has 0 saturated heterocycles. The maximum absolute atomic E-state index is 12.1. The van der Waals surface area contributed by atoms with Crippen LogP contribution in [0.4, 0.5) is 5.69 Å². The fourth-order valence-corrected chi connectivity index (χ4v) is 2.34. The van der Waals surface area contributed by atoms with Gasteiger partial charge in [0, 0.05) is 23.2 Å². The highest BCUT2D eigenvalue weighted by Crippen LogP contribution is 2.35. The number of anilines is 1. The van der Waals surface area contributed by atoms with Crippen molar-refractivity contribution in [2.24, 2.45) is 0 Å². The van der Waals surface area contributed by atoms with Gasteiger partial charge in [-0.05, 0) is 23.8 Å². The zero-order valence-electron chi connectivity index (χ0n) is 12.6. The van der Waals surface area contributed by atoms with Gasteiger partial charge in [-0.2, -0.15) is 0 Å². The van der Waals surface area contributed by atoms with E-state index in [0.29, 0.717) is 27.2 Å². The zero-order valence-corrected chi connectivity index (χ0v) is 14.1. The first-order chi connectivity index (χ1) is 11.0. The summed E-state index contributed by atoms with van der Waals surface area (Å²) in [4.78, 5) is 12.1. The van der Waals surface area contributed by atoms with E-state index >= 15 is 0 Å². The number of halogens is 2. The van der Waals surface area contributed by atoms with Crippen LogP contribution in [0.3, 0.4) is 0 Å². The van der Waals surface area contributed by atoms with Gasteiger partial charge in [0.1, 0.15) is 11.5 Å². The van der Waals surface area contributed by atoms with Gasteiger partial charge in [-0.1, -0.05) is 35.3 Å². The Labute approximate surface area is 144 Å². The normalized spacial score (nSPS) is 10.6. The molecule has 0 radical (unpaired) electrons. The fourth-order valence-electron chi connectivity index (χ4n) is 1.91. The van der Waals surface area contributed by atoms with E-state index in [1.807, 2.05) is 12.1 Å². The van der Waals surface area contributed by atoms with E-state index in [2.05, 4.69) is 5.32 Å². The molecule has 0 fully saturated rings. The molecule has 1 amide bonds. The van der Waals surface area contributed by atoms with E-state index < -0.39 is 0 Å². The Kier molecular flexibility index (Phi) is 5.90. The van der Waals surface area contributed by atoms with E-state index in [1.54, 1.807) is 30.3 Å². The van der Waals surface area contributed by atoms with Gasteiger partial charge < -0.3 is 14.8 Å². The average Bonchev–Trinajstić information content (AvgIpc) is 2.54. The Bertz CT molecular complexity index is 745. The third-order valence-corrected chi connectivity index (χ3v) is 3.54. The van der Waals surface area contributed by atoms with Gasteiger partial charge in [-0.15, -0.1) is 0 Å². The standard InChI is InChI=1S/C17H15Cl2NO3/c1-22-15-10-14(16(23-2)9-13(15)19)20-17(21)7-6-11-4-3-5-12(18)8-11/h3-10H,1-2H3,(H,20,21)/b7-6+. The lowest BCUT2D eigenvalue weighted by Gasteiger charge is -2.12. The van der Waals surface area contributed by atoms with Crippen molar-refractivity contribution < 1.29 is 14.3 Å². The van der Waals surface area contributed by atoms with Crippen molar-refractivity contribution in [3.05, 3.63) is 58.1 Å². The van der Waals surface area contributed by atoms with Crippen LogP contribution in [0.15, 0.2) is 42.5 Å². The van der Waals surface area contributed by atoms with E-state index in [-0.39, 0.29) is 5.91 Å². The van der Waals surface area contributed by atoms with Crippen LogP contribution >= 0.6 is 23.2 Å². The van der Waals surface area contributed by atoms with Crippen molar-refractivity contribution in [1.82, 2.24) is 0 Å². The third kappa shape index (κ3) is 4.65. The first-order valence-electron chi connectivity index (χ1n) is 6.69. The van der Waals surface area contributed by atoms with Crippen LogP contribution in [0.5, 0.6) is 11.5 Å². The first-order valence-corrected chi connectivity index (χ1v) is 7.45. The molecule has 0 unspecified atom stereocenters. The van der Waals surface area contributed by atoms with Gasteiger partial charge in [-0.3, -0.25) is 4.79 Å². The lowest BCUT2D eigenvalue weighted by Crippen LogP contribution is -2.09. The van der Waals surface area contributed by atoms with Crippen LogP contribution in [0.2, 0.25) is 10.0 Å². The number of hydrogen-bond donors (Lipinski definition) is 1. The SMILES string of the molecule is COc1cc(NC(=O)/C=C/c2cccc(Cl)c2)c(OC)cc1Cl. The smallest absolute Gasteiger partial charge is 0.248 e. The minimum Gasteiger partial charge on any atom is -0.495 e. The summed E-state index contributed by atoms with van der Waals surface area (Å²) >= 11 is 11.9. The number of amides is 1. The first kappa shape index (κ1) is 17.2. The van der Waals surface area contributed by atoms with Crippen molar-refractivity contribution >= 4 is 40.9 Å². The number of methoxy groups -OCH3 is 2. The molecule has 0 atom stereocenters. The van der Waals surface area contributed by atoms with Crippen molar-refractivity contribution in [2.45, 2.75) is 0 Å². The number of hydrogen-bond acceptors (Lipinski definition) is 3. The van der Waals surface area contributed by atoms with Crippen molar-refractivity contribution in [1.29, 1.82) is 0 Å². The number of ether oxygens (including phenoxy) is 2. The Hall–Kier alpha value is -2.17. The number of carbonyl (C=O) groups is 1. The third-order valence-electron chi connectivity index (χ3n) is 3.01. The minimum absolute atomic E-state index is 0.312. The molecule has 0 bridgehead atoms. The lowest BCUT2D eigenvalue weighted by molar-refractivity contribution is -0.111. The number of benzene rings is 2. The molecule has 2 aromatic carbocycles. The Morgan fingerprint density at radius 2 is 1.83 bits per heavy atom. The maximum atomic E-state index is 12.1. The van der Waals surface area contributed by atoms with Gasteiger partial charge in [0.25, 0.3) is 0 Å². The molecule has 2 rings (SSSR count). The Morgan fingerprint density at radius 1 is 1.09 bits per heavy atom. The maximum Gasteiger partial charge on any atom is 0.248 e. The molecule has 1 N–H and O–H groups in total. The molecule has 0 saturated carbocycles. The molecule has 0 spiro atoms. The predicted molar refractivity (Wildman–Crippen MR) is 93.7 cm³/mol. The molecular weight excluding hydrogens is 337 g/mol. The summed E-state index contributed by atoms with van der Waals surface area (Å²) in [5, 5.41) is 3.73. The molecule has 120 valence electrons. The molecule has 0 aliphatic heterocycles. The van der Waals surface area contributed by atoms with Crippen molar-refractivity contribution in [3.8, 4) is 11.5 Å².